The van der Waals surface area contributed by atoms with Crippen LogP contribution in [0.1, 0.15) is 38.1 Å². The fourth-order valence-electron chi connectivity index (χ4n) is 3.17. The van der Waals surface area contributed by atoms with E-state index in [2.05, 4.69) is 37.9 Å². The van der Waals surface area contributed by atoms with Crippen molar-refractivity contribution in [2.75, 3.05) is 33.7 Å². The normalized spacial score (nSPS) is 22.0. The minimum absolute atomic E-state index is 0.162. The van der Waals surface area contributed by atoms with Gasteiger partial charge in [-0.3, -0.25) is 9.69 Å². The van der Waals surface area contributed by atoms with Crippen molar-refractivity contribution < 1.29 is 17.9 Å². The van der Waals surface area contributed by atoms with E-state index in [1.165, 1.54) is 38.4 Å². The summed E-state index contributed by atoms with van der Waals surface area (Å²) in [6.07, 6.45) is 0.324. The van der Waals surface area contributed by atoms with Crippen molar-refractivity contribution in [3.05, 3.63) is 29.8 Å². The molecule has 0 spiro atoms. The lowest BCUT2D eigenvalue weighted by Gasteiger charge is -2.45. The third-order valence-electron chi connectivity index (χ3n) is 4.85. The van der Waals surface area contributed by atoms with Crippen molar-refractivity contribution in [2.45, 2.75) is 50.3 Å². The number of amides is 1. The Balaban J connectivity index is 2.01. The largest absolute Gasteiger partial charge is 0.373 e. The molecule has 1 aliphatic rings. The molecule has 1 N–H and O–H groups in total. The molecular formula is C19H31N3O4S. The smallest absolute Gasteiger partial charge is 0.251 e. The Morgan fingerprint density at radius 3 is 2.19 bits per heavy atom. The summed E-state index contributed by atoms with van der Waals surface area (Å²) in [7, 11) is -0.542. The van der Waals surface area contributed by atoms with Gasteiger partial charge in [0.2, 0.25) is 10.0 Å². The third-order valence-corrected chi connectivity index (χ3v) is 6.68. The summed E-state index contributed by atoms with van der Waals surface area (Å²) in [5.41, 5.74) is 0.225. The molecule has 0 aromatic heterocycles. The summed E-state index contributed by atoms with van der Waals surface area (Å²) in [5, 5.41) is 2.97. The van der Waals surface area contributed by atoms with E-state index in [1.54, 1.807) is 0 Å². The molecule has 1 aromatic rings. The Kier molecular flexibility index (Phi) is 6.68. The number of nitrogens with zero attached hydrogens (tertiary/aromatic N) is 2. The highest BCUT2D eigenvalue weighted by Crippen LogP contribution is 2.21. The molecule has 0 unspecified atom stereocenters. The highest BCUT2D eigenvalue weighted by Gasteiger charge is 2.33. The van der Waals surface area contributed by atoms with Gasteiger partial charge in [-0.2, -0.15) is 0 Å². The molecule has 1 amide bonds. The first-order valence-electron chi connectivity index (χ1n) is 9.15. The van der Waals surface area contributed by atoms with Crippen LogP contribution in [0.2, 0.25) is 0 Å². The number of rotatable bonds is 6. The van der Waals surface area contributed by atoms with E-state index in [0.717, 1.165) is 17.4 Å². The number of benzene rings is 1. The zero-order valence-corrected chi connectivity index (χ0v) is 17.8. The lowest BCUT2D eigenvalue weighted by molar-refractivity contribution is -0.0948. The molecule has 0 bridgehead atoms. The lowest BCUT2D eigenvalue weighted by atomic mass is 10.00. The average Bonchev–Trinajstić information content (AvgIpc) is 2.59. The van der Waals surface area contributed by atoms with Gasteiger partial charge in [0, 0.05) is 44.8 Å². The Morgan fingerprint density at radius 1 is 1.19 bits per heavy atom. The average molecular weight is 398 g/mol. The van der Waals surface area contributed by atoms with Crippen LogP contribution in [0.5, 0.6) is 0 Å². The summed E-state index contributed by atoms with van der Waals surface area (Å²) < 4.78 is 31.1. The Morgan fingerprint density at radius 2 is 1.70 bits per heavy atom. The molecular weight excluding hydrogens is 366 g/mol. The molecule has 0 radical (unpaired) electrons. The van der Waals surface area contributed by atoms with Crippen LogP contribution < -0.4 is 5.32 Å². The molecule has 1 aromatic carbocycles. The number of sulfonamides is 1. The molecule has 2 atom stereocenters. The molecule has 2 rings (SSSR count). The summed E-state index contributed by atoms with van der Waals surface area (Å²) in [4.78, 5) is 15.0. The first-order chi connectivity index (χ1) is 12.4. The van der Waals surface area contributed by atoms with E-state index < -0.39 is 10.0 Å². The predicted molar refractivity (Wildman–Crippen MR) is 105 cm³/mol. The zero-order chi connectivity index (χ0) is 20.4. The van der Waals surface area contributed by atoms with Gasteiger partial charge in [0.15, 0.2) is 0 Å². The van der Waals surface area contributed by atoms with Crippen LogP contribution in [0.25, 0.3) is 0 Å². The number of carbonyl (C=O) groups excluding carboxylic acids is 1. The monoisotopic (exact) mass is 397 g/mol. The van der Waals surface area contributed by atoms with E-state index in [1.807, 2.05) is 0 Å². The van der Waals surface area contributed by atoms with Crippen molar-refractivity contribution in [3.63, 3.8) is 0 Å². The molecule has 7 nitrogen and oxygen atoms in total. The zero-order valence-electron chi connectivity index (χ0n) is 17.0. The number of carbonyl (C=O) groups is 1. The molecule has 0 aliphatic carbocycles. The molecule has 27 heavy (non-hydrogen) atoms. The topological polar surface area (TPSA) is 79.0 Å². The van der Waals surface area contributed by atoms with Crippen LogP contribution in [-0.2, 0) is 14.8 Å². The van der Waals surface area contributed by atoms with Gasteiger partial charge in [0.05, 0.1) is 17.1 Å². The molecule has 8 heteroatoms. The minimum atomic E-state index is -3.50. The lowest BCUT2D eigenvalue weighted by Crippen LogP contribution is -2.58. The number of morpholine rings is 1. The minimum Gasteiger partial charge on any atom is -0.373 e. The van der Waals surface area contributed by atoms with Gasteiger partial charge in [-0.15, -0.1) is 0 Å². The maximum Gasteiger partial charge on any atom is 0.251 e. The Hall–Kier alpha value is -1.48. The van der Waals surface area contributed by atoms with Crippen LogP contribution in [0, 0.1) is 0 Å². The Labute approximate surface area is 162 Å². The van der Waals surface area contributed by atoms with Crippen LogP contribution in [-0.4, -0.2) is 75.0 Å². The summed E-state index contributed by atoms with van der Waals surface area (Å²) in [6, 6.07) is 6.00. The Bertz CT molecular complexity index is 750. The van der Waals surface area contributed by atoms with Crippen molar-refractivity contribution in [1.82, 2.24) is 14.5 Å². The second-order valence-corrected chi connectivity index (χ2v) is 10.1. The van der Waals surface area contributed by atoms with E-state index >= 15 is 0 Å². The molecule has 0 saturated carbocycles. The van der Waals surface area contributed by atoms with Crippen molar-refractivity contribution >= 4 is 15.9 Å². The van der Waals surface area contributed by atoms with Gasteiger partial charge in [-0.25, -0.2) is 12.7 Å². The fourth-order valence-corrected chi connectivity index (χ4v) is 4.07. The van der Waals surface area contributed by atoms with Gasteiger partial charge in [-0.1, -0.05) is 0 Å². The number of ether oxygens (including phenoxy) is 1. The van der Waals surface area contributed by atoms with E-state index in [-0.39, 0.29) is 28.5 Å². The highest BCUT2D eigenvalue weighted by atomic mass is 32.2. The quantitative estimate of drug-likeness (QED) is 0.788. The second kappa shape index (κ2) is 8.26. The summed E-state index contributed by atoms with van der Waals surface area (Å²) >= 11 is 0. The molecule has 1 aliphatic heterocycles. The van der Waals surface area contributed by atoms with E-state index in [4.69, 9.17) is 4.74 Å². The maximum absolute atomic E-state index is 12.5. The summed E-state index contributed by atoms with van der Waals surface area (Å²) in [6.45, 7) is 10.5. The van der Waals surface area contributed by atoms with Crippen LogP contribution >= 0.6 is 0 Å². The number of nitrogens with one attached hydrogen (secondary N) is 1. The van der Waals surface area contributed by atoms with E-state index in [0.29, 0.717) is 12.1 Å². The fraction of sp³-hybridized carbons (Fsp3) is 0.632. The van der Waals surface area contributed by atoms with Gasteiger partial charge in [-0.05, 0) is 52.0 Å². The number of hydrogen-bond acceptors (Lipinski definition) is 5. The highest BCUT2D eigenvalue weighted by molar-refractivity contribution is 7.89. The molecule has 1 fully saturated rings. The van der Waals surface area contributed by atoms with Gasteiger partial charge < -0.3 is 10.1 Å². The molecule has 1 saturated heterocycles. The predicted octanol–water partition coefficient (Wildman–Crippen LogP) is 1.55. The third kappa shape index (κ3) is 5.28. The van der Waals surface area contributed by atoms with Gasteiger partial charge >= 0.3 is 0 Å². The van der Waals surface area contributed by atoms with Crippen molar-refractivity contribution in [1.29, 1.82) is 0 Å². The first kappa shape index (κ1) is 21.8. The molecule has 152 valence electrons. The second-order valence-electron chi connectivity index (χ2n) is 7.97. The summed E-state index contributed by atoms with van der Waals surface area (Å²) in [5.74, 6) is -0.216. The number of hydrogen-bond donors (Lipinski definition) is 1. The van der Waals surface area contributed by atoms with Gasteiger partial charge in [0.1, 0.15) is 0 Å². The van der Waals surface area contributed by atoms with Gasteiger partial charge in [0.25, 0.3) is 5.91 Å². The SMILES string of the molecule is C[C@@H]1CN(C(C)(C)CNC(=O)c2ccc(S(=O)(=O)N(C)C)cc2)C[C@@H](C)O1. The van der Waals surface area contributed by atoms with Crippen molar-refractivity contribution in [3.8, 4) is 0 Å². The van der Waals surface area contributed by atoms with E-state index in [9.17, 15) is 13.2 Å². The van der Waals surface area contributed by atoms with Crippen LogP contribution in [0.4, 0.5) is 0 Å². The maximum atomic E-state index is 12.5. The van der Waals surface area contributed by atoms with Crippen molar-refractivity contribution in [2.24, 2.45) is 0 Å². The van der Waals surface area contributed by atoms with Crippen LogP contribution in [0.3, 0.4) is 0 Å². The van der Waals surface area contributed by atoms with Crippen LogP contribution in [0.15, 0.2) is 29.2 Å². The molecule has 1 heterocycles. The standard InChI is InChI=1S/C19H31N3O4S/c1-14-11-22(12-15(2)26-14)19(3,4)13-20-18(23)16-7-9-17(10-8-16)27(24,25)21(5)6/h7-10,14-15H,11-13H2,1-6H3,(H,20,23)/t14-,15-/m1/s1. The first-order valence-corrected chi connectivity index (χ1v) is 10.6.